The topological polar surface area (TPSA) is 49.4 Å². The van der Waals surface area contributed by atoms with Crippen molar-refractivity contribution >= 4 is 16.7 Å². The maximum absolute atomic E-state index is 11.7. The lowest BCUT2D eigenvalue weighted by Gasteiger charge is -2.26. The number of amides is 1. The Bertz CT molecular complexity index is 246. The first-order valence-electron chi connectivity index (χ1n) is 5.95. The summed E-state index contributed by atoms with van der Waals surface area (Å²) in [6.07, 6.45) is 1.49. The lowest BCUT2D eigenvalue weighted by atomic mass is 10.2. The van der Waals surface area contributed by atoms with Gasteiger partial charge in [0.2, 0.25) is 5.91 Å². The van der Waals surface area contributed by atoms with E-state index < -0.39 is 10.8 Å². The molecule has 94 valence electrons. The van der Waals surface area contributed by atoms with Gasteiger partial charge < -0.3 is 10.2 Å². The average Bonchev–Trinajstić information content (AvgIpc) is 2.25. The number of carbonyl (C=O) groups excluding carboxylic acids is 1. The standard InChI is InChI=1S/C11H22N2O2S/c1-10(2)12-5-3-4-11(14)13-6-8-16(15)9-7-13/h10,12H,3-9H2,1-2H3. The quantitative estimate of drug-likeness (QED) is 0.712. The molecule has 1 aliphatic heterocycles. The SMILES string of the molecule is CC(C)NCCCC(=O)N1CCS(=O)CC1. The van der Waals surface area contributed by atoms with Gasteiger partial charge in [0.05, 0.1) is 0 Å². The third-order valence-corrected chi connectivity index (χ3v) is 3.93. The maximum atomic E-state index is 11.7. The van der Waals surface area contributed by atoms with Crippen molar-refractivity contribution in [2.75, 3.05) is 31.1 Å². The third-order valence-electron chi connectivity index (χ3n) is 2.65. The highest BCUT2D eigenvalue weighted by Gasteiger charge is 2.19. The van der Waals surface area contributed by atoms with E-state index in [1.165, 1.54) is 0 Å². The van der Waals surface area contributed by atoms with E-state index >= 15 is 0 Å². The molecule has 0 atom stereocenters. The van der Waals surface area contributed by atoms with Crippen LogP contribution in [0.25, 0.3) is 0 Å². The molecule has 0 unspecified atom stereocenters. The largest absolute Gasteiger partial charge is 0.341 e. The molecule has 0 aliphatic carbocycles. The fourth-order valence-electron chi connectivity index (χ4n) is 1.68. The number of nitrogens with zero attached hydrogens (tertiary/aromatic N) is 1. The molecule has 0 bridgehead atoms. The Morgan fingerprint density at radius 1 is 1.38 bits per heavy atom. The van der Waals surface area contributed by atoms with E-state index in [1.807, 2.05) is 4.90 Å². The molecule has 4 nitrogen and oxygen atoms in total. The minimum atomic E-state index is -0.697. The molecular formula is C11H22N2O2S. The molecule has 1 fully saturated rings. The molecule has 5 heteroatoms. The first kappa shape index (κ1) is 13.6. The van der Waals surface area contributed by atoms with Crippen LogP contribution in [-0.4, -0.2) is 52.2 Å². The molecule has 16 heavy (non-hydrogen) atoms. The van der Waals surface area contributed by atoms with E-state index in [9.17, 15) is 9.00 Å². The molecule has 0 saturated carbocycles. The van der Waals surface area contributed by atoms with E-state index in [0.29, 0.717) is 37.1 Å². The Labute approximate surface area is 100 Å². The smallest absolute Gasteiger partial charge is 0.222 e. The molecule has 0 aromatic rings. The zero-order valence-electron chi connectivity index (χ0n) is 10.2. The number of hydrogen-bond acceptors (Lipinski definition) is 3. The van der Waals surface area contributed by atoms with Crippen LogP contribution in [0.2, 0.25) is 0 Å². The molecule has 1 heterocycles. The summed E-state index contributed by atoms with van der Waals surface area (Å²) >= 11 is 0. The first-order valence-corrected chi connectivity index (χ1v) is 7.44. The van der Waals surface area contributed by atoms with Gasteiger partial charge in [-0.3, -0.25) is 9.00 Å². The van der Waals surface area contributed by atoms with Crippen LogP contribution >= 0.6 is 0 Å². The van der Waals surface area contributed by atoms with E-state index in [-0.39, 0.29) is 5.91 Å². The molecule has 1 rings (SSSR count). The van der Waals surface area contributed by atoms with Crippen LogP contribution in [0.15, 0.2) is 0 Å². The van der Waals surface area contributed by atoms with Crippen molar-refractivity contribution in [2.45, 2.75) is 32.7 Å². The summed E-state index contributed by atoms with van der Waals surface area (Å²) in [4.78, 5) is 13.6. The highest BCUT2D eigenvalue weighted by atomic mass is 32.2. The Kier molecular flexibility index (Phi) is 5.98. The maximum Gasteiger partial charge on any atom is 0.222 e. The van der Waals surface area contributed by atoms with E-state index in [1.54, 1.807) is 0 Å². The Morgan fingerprint density at radius 3 is 2.56 bits per heavy atom. The highest BCUT2D eigenvalue weighted by Crippen LogP contribution is 2.03. The van der Waals surface area contributed by atoms with Crippen LogP contribution in [0.5, 0.6) is 0 Å². The van der Waals surface area contributed by atoms with Gasteiger partial charge in [0.25, 0.3) is 0 Å². The van der Waals surface area contributed by atoms with Gasteiger partial charge in [-0.25, -0.2) is 0 Å². The van der Waals surface area contributed by atoms with Crippen molar-refractivity contribution in [1.29, 1.82) is 0 Å². The monoisotopic (exact) mass is 246 g/mol. The van der Waals surface area contributed by atoms with Gasteiger partial charge in [-0.1, -0.05) is 13.8 Å². The minimum absolute atomic E-state index is 0.210. The third kappa shape index (κ3) is 5.07. The summed E-state index contributed by atoms with van der Waals surface area (Å²) in [5, 5.41) is 3.29. The van der Waals surface area contributed by atoms with Crippen molar-refractivity contribution in [3.8, 4) is 0 Å². The fourth-order valence-corrected chi connectivity index (χ4v) is 2.73. The van der Waals surface area contributed by atoms with Crippen LogP contribution in [-0.2, 0) is 15.6 Å². The lowest BCUT2D eigenvalue weighted by molar-refractivity contribution is -0.130. The van der Waals surface area contributed by atoms with Gasteiger partial charge in [-0.15, -0.1) is 0 Å². The number of hydrogen-bond donors (Lipinski definition) is 1. The lowest BCUT2D eigenvalue weighted by Crippen LogP contribution is -2.41. The average molecular weight is 246 g/mol. The molecular weight excluding hydrogens is 224 g/mol. The molecule has 1 saturated heterocycles. The second kappa shape index (κ2) is 7.01. The predicted molar refractivity (Wildman–Crippen MR) is 66.8 cm³/mol. The van der Waals surface area contributed by atoms with Crippen molar-refractivity contribution in [2.24, 2.45) is 0 Å². The summed E-state index contributed by atoms with van der Waals surface area (Å²) in [7, 11) is -0.697. The fraction of sp³-hybridized carbons (Fsp3) is 0.909. The predicted octanol–water partition coefficient (Wildman–Crippen LogP) is 0.356. The highest BCUT2D eigenvalue weighted by molar-refractivity contribution is 7.85. The van der Waals surface area contributed by atoms with Gasteiger partial charge in [-0.05, 0) is 13.0 Å². The number of rotatable bonds is 5. The Hall–Kier alpha value is -0.420. The van der Waals surface area contributed by atoms with Crippen LogP contribution in [0.1, 0.15) is 26.7 Å². The first-order chi connectivity index (χ1) is 7.59. The van der Waals surface area contributed by atoms with E-state index in [4.69, 9.17) is 0 Å². The normalized spacial score (nSPS) is 18.1. The molecule has 0 aromatic heterocycles. The van der Waals surface area contributed by atoms with Gasteiger partial charge in [0.1, 0.15) is 0 Å². The summed E-state index contributed by atoms with van der Waals surface area (Å²) in [6, 6.07) is 0.479. The van der Waals surface area contributed by atoms with Crippen molar-refractivity contribution in [1.82, 2.24) is 10.2 Å². The molecule has 1 N–H and O–H groups in total. The Balaban J connectivity index is 2.12. The van der Waals surface area contributed by atoms with Crippen LogP contribution in [0, 0.1) is 0 Å². The molecule has 0 aromatic carbocycles. The number of carbonyl (C=O) groups is 1. The van der Waals surface area contributed by atoms with Crippen molar-refractivity contribution in [3.05, 3.63) is 0 Å². The summed E-state index contributed by atoms with van der Waals surface area (Å²) in [5.74, 6) is 1.51. The van der Waals surface area contributed by atoms with Crippen molar-refractivity contribution < 1.29 is 9.00 Å². The van der Waals surface area contributed by atoms with Crippen LogP contribution in [0.3, 0.4) is 0 Å². The second-order valence-electron chi connectivity index (χ2n) is 4.44. The second-order valence-corrected chi connectivity index (χ2v) is 6.14. The van der Waals surface area contributed by atoms with Crippen LogP contribution in [0.4, 0.5) is 0 Å². The van der Waals surface area contributed by atoms with Crippen molar-refractivity contribution in [3.63, 3.8) is 0 Å². The zero-order valence-corrected chi connectivity index (χ0v) is 11.0. The van der Waals surface area contributed by atoms with E-state index in [0.717, 1.165) is 13.0 Å². The minimum Gasteiger partial charge on any atom is -0.341 e. The number of nitrogens with one attached hydrogen (secondary N) is 1. The molecule has 0 spiro atoms. The van der Waals surface area contributed by atoms with E-state index in [2.05, 4.69) is 19.2 Å². The zero-order chi connectivity index (χ0) is 12.0. The van der Waals surface area contributed by atoms with Gasteiger partial charge >= 0.3 is 0 Å². The molecule has 1 aliphatic rings. The summed E-state index contributed by atoms with van der Waals surface area (Å²) in [5.41, 5.74) is 0. The summed E-state index contributed by atoms with van der Waals surface area (Å²) < 4.78 is 11.1. The van der Waals surface area contributed by atoms with Gasteiger partial charge in [0.15, 0.2) is 0 Å². The summed E-state index contributed by atoms with van der Waals surface area (Å²) in [6.45, 7) is 6.43. The molecule has 0 radical (unpaired) electrons. The van der Waals surface area contributed by atoms with Gasteiger partial charge in [0, 0.05) is 47.9 Å². The van der Waals surface area contributed by atoms with Gasteiger partial charge in [-0.2, -0.15) is 0 Å². The Morgan fingerprint density at radius 2 is 2.00 bits per heavy atom. The molecule has 1 amide bonds. The van der Waals surface area contributed by atoms with Crippen LogP contribution < -0.4 is 5.32 Å².